The van der Waals surface area contributed by atoms with Gasteiger partial charge in [0.05, 0.1) is 23.4 Å². The third kappa shape index (κ3) is 2.76. The molecule has 144 valence electrons. The summed E-state index contributed by atoms with van der Waals surface area (Å²) in [5, 5.41) is 19.2. The van der Waals surface area contributed by atoms with Crippen molar-refractivity contribution in [2.75, 3.05) is 19.1 Å². The van der Waals surface area contributed by atoms with Crippen LogP contribution >= 0.6 is 0 Å². The number of nitrogens with two attached hydrogens (primary N) is 1. The molecule has 0 atom stereocenters. The van der Waals surface area contributed by atoms with E-state index < -0.39 is 0 Å². The minimum Gasteiger partial charge on any atom is -0.493 e. The number of pyridine rings is 1. The van der Waals surface area contributed by atoms with E-state index in [-0.39, 0.29) is 12.6 Å². The van der Waals surface area contributed by atoms with Gasteiger partial charge in [0.2, 0.25) is 6.79 Å². The zero-order valence-electron chi connectivity index (χ0n) is 16.3. The van der Waals surface area contributed by atoms with Crippen LogP contribution in [-0.2, 0) is 0 Å². The lowest BCUT2D eigenvalue weighted by Gasteiger charge is -2.13. The molecule has 0 fully saturated rings. The third-order valence-electron chi connectivity index (χ3n) is 5.09. The Balaban J connectivity index is 1.98. The number of hydrogen-bond donors (Lipinski definition) is 1. The molecule has 1 aromatic carbocycles. The standard InChI is InChI=1S/C22H18N4O3/c1-4-27-17-7-19-18(28-10-29-19)6-13(17)5-14-11(2)15(8-23)21-20(14)12(3)16(9-24)22(25)26-21/h5-7H,4,10H2,1-3H3,(H2,25,26)/b14-5+. The largest absolute Gasteiger partial charge is 0.493 e. The molecule has 0 saturated carbocycles. The van der Waals surface area contributed by atoms with Gasteiger partial charge in [0.25, 0.3) is 0 Å². The third-order valence-corrected chi connectivity index (χ3v) is 5.09. The number of rotatable bonds is 3. The first-order valence-electron chi connectivity index (χ1n) is 9.10. The van der Waals surface area contributed by atoms with E-state index in [2.05, 4.69) is 17.1 Å². The fourth-order valence-corrected chi connectivity index (χ4v) is 3.68. The number of hydrogen-bond acceptors (Lipinski definition) is 7. The lowest BCUT2D eigenvalue weighted by atomic mass is 9.95. The van der Waals surface area contributed by atoms with Crippen LogP contribution in [0.2, 0.25) is 0 Å². The van der Waals surface area contributed by atoms with Crippen LogP contribution in [-0.4, -0.2) is 18.4 Å². The lowest BCUT2D eigenvalue weighted by Crippen LogP contribution is -2.04. The highest BCUT2D eigenvalue weighted by atomic mass is 16.7. The van der Waals surface area contributed by atoms with E-state index in [1.807, 2.05) is 32.9 Å². The molecule has 1 aliphatic heterocycles. The topological polar surface area (TPSA) is 114 Å². The second-order valence-corrected chi connectivity index (χ2v) is 6.68. The van der Waals surface area contributed by atoms with Crippen molar-refractivity contribution in [3.63, 3.8) is 0 Å². The highest BCUT2D eigenvalue weighted by molar-refractivity contribution is 6.09. The zero-order valence-corrected chi connectivity index (χ0v) is 16.3. The van der Waals surface area contributed by atoms with Gasteiger partial charge in [0.15, 0.2) is 11.5 Å². The minimum atomic E-state index is 0.128. The van der Waals surface area contributed by atoms with E-state index in [1.165, 1.54) is 0 Å². The molecule has 7 heteroatoms. The predicted octanol–water partition coefficient (Wildman–Crippen LogP) is 3.82. The number of nitriles is 2. The van der Waals surface area contributed by atoms with Crippen molar-refractivity contribution >= 4 is 23.0 Å². The summed E-state index contributed by atoms with van der Waals surface area (Å²) >= 11 is 0. The molecule has 0 saturated heterocycles. The van der Waals surface area contributed by atoms with Crippen LogP contribution in [0.3, 0.4) is 0 Å². The normalized spacial score (nSPS) is 15.3. The van der Waals surface area contributed by atoms with E-state index in [9.17, 15) is 10.5 Å². The smallest absolute Gasteiger partial charge is 0.231 e. The molecule has 2 heterocycles. The number of nitrogens with zero attached hydrogens (tertiary/aromatic N) is 3. The number of nitrogen functional groups attached to an aromatic ring is 1. The van der Waals surface area contributed by atoms with Crippen LogP contribution < -0.4 is 19.9 Å². The lowest BCUT2D eigenvalue weighted by molar-refractivity contribution is 0.174. The molecule has 2 aromatic rings. The van der Waals surface area contributed by atoms with E-state index in [4.69, 9.17) is 19.9 Å². The summed E-state index contributed by atoms with van der Waals surface area (Å²) in [6.07, 6.45) is 1.93. The monoisotopic (exact) mass is 386 g/mol. The number of aromatic nitrogens is 1. The van der Waals surface area contributed by atoms with Crippen molar-refractivity contribution < 1.29 is 14.2 Å². The molecule has 4 rings (SSSR count). The Hall–Kier alpha value is -3.97. The fraction of sp³-hybridized carbons (Fsp3) is 0.227. The maximum atomic E-state index is 9.70. The summed E-state index contributed by atoms with van der Waals surface area (Å²) in [4.78, 5) is 4.35. The van der Waals surface area contributed by atoms with Gasteiger partial charge in [-0.05, 0) is 49.6 Å². The van der Waals surface area contributed by atoms with Gasteiger partial charge in [-0.2, -0.15) is 10.5 Å². The van der Waals surface area contributed by atoms with Crippen LogP contribution in [0, 0.1) is 29.6 Å². The minimum absolute atomic E-state index is 0.128. The Morgan fingerprint density at radius 2 is 1.93 bits per heavy atom. The molecule has 0 unspecified atom stereocenters. The van der Waals surface area contributed by atoms with Crippen molar-refractivity contribution in [2.45, 2.75) is 20.8 Å². The Bertz CT molecular complexity index is 1200. The Kier molecular flexibility index (Phi) is 4.37. The number of anilines is 1. The van der Waals surface area contributed by atoms with Crippen molar-refractivity contribution in [3.8, 4) is 29.4 Å². The molecular weight excluding hydrogens is 368 g/mol. The van der Waals surface area contributed by atoms with Crippen molar-refractivity contribution in [1.82, 2.24) is 4.98 Å². The second kappa shape index (κ2) is 6.88. The fourth-order valence-electron chi connectivity index (χ4n) is 3.68. The van der Waals surface area contributed by atoms with Crippen LogP contribution in [0.25, 0.3) is 17.2 Å². The molecule has 1 aromatic heterocycles. The predicted molar refractivity (Wildman–Crippen MR) is 108 cm³/mol. The highest BCUT2D eigenvalue weighted by Crippen LogP contribution is 2.46. The maximum Gasteiger partial charge on any atom is 0.231 e. The summed E-state index contributed by atoms with van der Waals surface area (Å²) in [6, 6.07) is 7.98. The van der Waals surface area contributed by atoms with Gasteiger partial charge in [-0.3, -0.25) is 0 Å². The first kappa shape index (κ1) is 18.4. The van der Waals surface area contributed by atoms with Gasteiger partial charge >= 0.3 is 0 Å². The van der Waals surface area contributed by atoms with Gasteiger partial charge in [-0.1, -0.05) is 0 Å². The van der Waals surface area contributed by atoms with Crippen LogP contribution in [0.4, 0.5) is 5.82 Å². The molecule has 2 aliphatic rings. The van der Waals surface area contributed by atoms with Gasteiger partial charge in [-0.25, -0.2) is 4.98 Å². The summed E-state index contributed by atoms with van der Waals surface area (Å²) in [5.74, 6) is 2.03. The SMILES string of the molecule is CCOc1cc2c(cc1/C=C1\C(C)=C(C#N)c3nc(N)c(C#N)c(C)c31)OCO2. The number of fused-ring (bicyclic) bond motifs is 2. The molecule has 0 radical (unpaired) electrons. The molecule has 0 bridgehead atoms. The van der Waals surface area contributed by atoms with Gasteiger partial charge in [0, 0.05) is 17.2 Å². The molecule has 29 heavy (non-hydrogen) atoms. The molecule has 0 spiro atoms. The van der Waals surface area contributed by atoms with Crippen molar-refractivity contribution in [2.24, 2.45) is 0 Å². The van der Waals surface area contributed by atoms with Gasteiger partial charge in [0.1, 0.15) is 23.7 Å². The highest BCUT2D eigenvalue weighted by Gasteiger charge is 2.30. The van der Waals surface area contributed by atoms with Gasteiger partial charge in [-0.15, -0.1) is 0 Å². The summed E-state index contributed by atoms with van der Waals surface area (Å²) in [5.41, 5.74) is 11.0. The van der Waals surface area contributed by atoms with Crippen LogP contribution in [0.1, 0.15) is 41.8 Å². The molecule has 2 N–H and O–H groups in total. The number of ether oxygens (including phenoxy) is 3. The molecular formula is C22H18N4O3. The molecule has 0 amide bonds. The van der Waals surface area contributed by atoms with E-state index in [1.54, 1.807) is 6.07 Å². The van der Waals surface area contributed by atoms with Gasteiger partial charge < -0.3 is 19.9 Å². The van der Waals surface area contributed by atoms with E-state index in [0.29, 0.717) is 46.2 Å². The number of allylic oxidation sites excluding steroid dienone is 3. The summed E-state index contributed by atoms with van der Waals surface area (Å²) in [7, 11) is 0. The zero-order chi connectivity index (χ0) is 20.7. The maximum absolute atomic E-state index is 9.70. The van der Waals surface area contributed by atoms with Crippen molar-refractivity contribution in [1.29, 1.82) is 10.5 Å². The number of benzene rings is 1. The van der Waals surface area contributed by atoms with Crippen LogP contribution in [0.15, 0.2) is 17.7 Å². The molecule has 1 aliphatic carbocycles. The quantitative estimate of drug-likeness (QED) is 0.852. The van der Waals surface area contributed by atoms with E-state index in [0.717, 1.165) is 22.3 Å². The van der Waals surface area contributed by atoms with E-state index >= 15 is 0 Å². The van der Waals surface area contributed by atoms with Crippen molar-refractivity contribution in [3.05, 3.63) is 45.7 Å². The summed E-state index contributed by atoms with van der Waals surface area (Å²) < 4.78 is 16.8. The molecule has 7 nitrogen and oxygen atoms in total. The first-order valence-corrected chi connectivity index (χ1v) is 9.10. The summed E-state index contributed by atoms with van der Waals surface area (Å²) in [6.45, 7) is 6.23. The Labute approximate surface area is 168 Å². The van der Waals surface area contributed by atoms with Crippen LogP contribution in [0.5, 0.6) is 17.2 Å². The Morgan fingerprint density at radius 1 is 1.21 bits per heavy atom. The second-order valence-electron chi connectivity index (χ2n) is 6.68. The Morgan fingerprint density at radius 3 is 2.59 bits per heavy atom. The average molecular weight is 386 g/mol. The first-order chi connectivity index (χ1) is 14.0. The average Bonchev–Trinajstić information content (AvgIpc) is 3.24.